The van der Waals surface area contributed by atoms with Gasteiger partial charge in [0.05, 0.1) is 29.8 Å². The Morgan fingerprint density at radius 2 is 1.67 bits per heavy atom. The van der Waals surface area contributed by atoms with Crippen LogP contribution in [0.15, 0.2) is 51.7 Å². The van der Waals surface area contributed by atoms with Crippen LogP contribution in [0.2, 0.25) is 0 Å². The quantitative estimate of drug-likeness (QED) is 0.116. The molecule has 60 heavy (non-hydrogen) atoms. The maximum Gasteiger partial charge on any atom is 0.329 e. The van der Waals surface area contributed by atoms with Crippen molar-refractivity contribution in [1.29, 1.82) is 0 Å². The number of nitrogens with one attached hydrogen (secondary N) is 2. The molecule has 0 saturated carbocycles. The molecule has 3 saturated heterocycles. The van der Waals surface area contributed by atoms with E-state index in [9.17, 15) is 33.6 Å². The average molecular weight is 894 g/mol. The normalized spacial score (nSPS) is 21.9. The Kier molecular flexibility index (Phi) is 15.0. The van der Waals surface area contributed by atoms with Crippen molar-refractivity contribution in [1.82, 2.24) is 29.6 Å². The number of rotatable bonds is 17. The van der Waals surface area contributed by atoms with Crippen LogP contribution in [0.1, 0.15) is 101 Å². The molecule has 324 valence electrons. The van der Waals surface area contributed by atoms with Gasteiger partial charge in [-0.2, -0.15) is 0 Å². The Hall–Kier alpha value is -4.87. The van der Waals surface area contributed by atoms with Crippen molar-refractivity contribution in [2.75, 3.05) is 13.1 Å². The third-order valence-corrected chi connectivity index (χ3v) is 12.7. The predicted octanol–water partition coefficient (Wildman–Crippen LogP) is 2.85. The van der Waals surface area contributed by atoms with E-state index >= 15 is 0 Å². The first-order valence-electron chi connectivity index (χ1n) is 21.1. The van der Waals surface area contributed by atoms with Crippen LogP contribution in [0, 0.1) is 0 Å². The fourth-order valence-corrected chi connectivity index (χ4v) is 8.99. The van der Waals surface area contributed by atoms with Crippen LogP contribution in [0.4, 0.5) is 0 Å². The molecule has 3 aliphatic heterocycles. The first-order valence-corrected chi connectivity index (χ1v) is 21.8. The third kappa shape index (κ3) is 10.7. The van der Waals surface area contributed by atoms with E-state index in [2.05, 4.69) is 26.6 Å². The fraction of sp³-hybridized carbons (Fsp3) is 0.558. The van der Waals surface area contributed by atoms with Crippen molar-refractivity contribution in [3.05, 3.63) is 68.5 Å². The highest BCUT2D eigenvalue weighted by atomic mass is 79.9. The predicted molar refractivity (Wildman–Crippen MR) is 227 cm³/mol. The highest BCUT2D eigenvalue weighted by molar-refractivity contribution is 9.10. The SMILES string of the molecule is C[C@@H](OCc1ccc(Br)cc1)[C@H](CCC(N)=O)NC(=O)[C@@H]1CC[C@@H]2CCN(C(=O)CCCCCCc3ccc4c(c3)n(C)c(=O)n4C3CCC(=O)NC3=O)C[C@H](N)C(=O)N21. The maximum absolute atomic E-state index is 13.8. The lowest BCUT2D eigenvalue weighted by molar-refractivity contribution is -0.145. The molecule has 0 bridgehead atoms. The van der Waals surface area contributed by atoms with Crippen molar-refractivity contribution < 1.29 is 33.5 Å². The van der Waals surface area contributed by atoms with Crippen molar-refractivity contribution in [3.8, 4) is 0 Å². The average Bonchev–Trinajstić information content (AvgIpc) is 3.75. The number of imidazole rings is 1. The standard InChI is InChI=1S/C43H57BrN8O8/c1-26(60-25-28-9-12-29(44)13-10-28)32(15-19-37(46)53)47-40(56)34-17-14-30-21-22-50(24-31(45)42(58)51(30)34)39(55)8-6-4-3-5-7-27-11-16-33-36(23-27)49(2)43(59)52(33)35-18-20-38(54)48-41(35)57/h9-13,16,23,26,30-32,34-35H,3-8,14-15,17-22,24-25,45H2,1-2H3,(H2,46,53)(H,47,56)(H,48,54,57)/t26-,30-,31+,32+,34+,35?/m1/s1. The van der Waals surface area contributed by atoms with Crippen LogP contribution in [-0.2, 0) is 53.6 Å². The van der Waals surface area contributed by atoms with E-state index in [1.807, 2.05) is 49.4 Å². The summed E-state index contributed by atoms with van der Waals surface area (Å²) in [5.74, 6) is -1.99. The molecule has 0 aliphatic carbocycles. The Labute approximate surface area is 357 Å². The van der Waals surface area contributed by atoms with Gasteiger partial charge in [0.1, 0.15) is 18.1 Å². The number of hydrogen-bond acceptors (Lipinski definition) is 9. The van der Waals surface area contributed by atoms with Gasteiger partial charge in [0.2, 0.25) is 35.4 Å². The van der Waals surface area contributed by atoms with E-state index in [-0.39, 0.29) is 67.6 Å². The van der Waals surface area contributed by atoms with E-state index in [1.54, 1.807) is 16.8 Å². The number of ether oxygens (including phenoxy) is 1. The molecule has 0 radical (unpaired) electrons. The van der Waals surface area contributed by atoms with Gasteiger partial charge in [-0.15, -0.1) is 0 Å². The van der Waals surface area contributed by atoms with Gasteiger partial charge in [0.25, 0.3) is 0 Å². The van der Waals surface area contributed by atoms with Gasteiger partial charge in [0.15, 0.2) is 0 Å². The van der Waals surface area contributed by atoms with E-state index in [0.717, 1.165) is 46.8 Å². The van der Waals surface area contributed by atoms with Gasteiger partial charge < -0.3 is 31.3 Å². The van der Waals surface area contributed by atoms with Crippen molar-refractivity contribution in [3.63, 3.8) is 0 Å². The topological polar surface area (TPSA) is 221 Å². The molecule has 3 aromatic rings. The number of carbonyl (C=O) groups is 6. The number of aryl methyl sites for hydroxylation is 2. The van der Waals surface area contributed by atoms with Crippen LogP contribution in [0.5, 0.6) is 0 Å². The minimum absolute atomic E-state index is 0.0414. The molecular weight excluding hydrogens is 836 g/mol. The zero-order valence-electron chi connectivity index (χ0n) is 34.4. The summed E-state index contributed by atoms with van der Waals surface area (Å²) in [5, 5.41) is 5.39. The zero-order valence-corrected chi connectivity index (χ0v) is 36.0. The second-order valence-electron chi connectivity index (χ2n) is 16.4. The van der Waals surface area contributed by atoms with Crippen LogP contribution < -0.4 is 27.8 Å². The summed E-state index contributed by atoms with van der Waals surface area (Å²) in [6.45, 7) is 2.67. The van der Waals surface area contributed by atoms with Crippen molar-refractivity contribution in [2.45, 2.75) is 133 Å². The number of piperidine rings is 1. The summed E-state index contributed by atoms with van der Waals surface area (Å²) in [4.78, 5) is 93.2. The fourth-order valence-electron chi connectivity index (χ4n) is 8.72. The van der Waals surface area contributed by atoms with E-state index in [4.69, 9.17) is 16.2 Å². The summed E-state index contributed by atoms with van der Waals surface area (Å²) in [7, 11) is 1.68. The Morgan fingerprint density at radius 3 is 2.40 bits per heavy atom. The number of unbranched alkanes of at least 4 members (excludes halogenated alkanes) is 3. The summed E-state index contributed by atoms with van der Waals surface area (Å²) in [6, 6.07) is 10.3. The Morgan fingerprint density at radius 1 is 0.933 bits per heavy atom. The van der Waals surface area contributed by atoms with Crippen LogP contribution in [0.25, 0.3) is 11.0 Å². The molecule has 1 aromatic heterocycles. The van der Waals surface area contributed by atoms with Crippen molar-refractivity contribution in [2.24, 2.45) is 18.5 Å². The van der Waals surface area contributed by atoms with Gasteiger partial charge in [-0.25, -0.2) is 4.79 Å². The summed E-state index contributed by atoms with van der Waals surface area (Å²) < 4.78 is 10.1. The number of hydrogen-bond donors (Lipinski definition) is 4. The van der Waals surface area contributed by atoms with Crippen LogP contribution >= 0.6 is 15.9 Å². The third-order valence-electron chi connectivity index (χ3n) is 12.2. The Bertz CT molecular complexity index is 2140. The smallest absolute Gasteiger partial charge is 0.329 e. The summed E-state index contributed by atoms with van der Waals surface area (Å²) in [6.07, 6.45) is 6.44. The largest absolute Gasteiger partial charge is 0.372 e. The zero-order chi connectivity index (χ0) is 43.1. The number of aromatic nitrogens is 2. The summed E-state index contributed by atoms with van der Waals surface area (Å²) >= 11 is 3.43. The second-order valence-corrected chi connectivity index (χ2v) is 17.3. The van der Waals surface area contributed by atoms with E-state index in [1.165, 1.54) is 9.13 Å². The van der Waals surface area contributed by atoms with Gasteiger partial charge in [-0.05, 0) is 93.7 Å². The highest BCUT2D eigenvalue weighted by Crippen LogP contribution is 2.30. The van der Waals surface area contributed by atoms with Gasteiger partial charge in [0, 0.05) is 49.9 Å². The number of imide groups is 1. The lowest BCUT2D eigenvalue weighted by Crippen LogP contribution is -2.60. The molecule has 17 heteroatoms. The molecule has 16 nitrogen and oxygen atoms in total. The van der Waals surface area contributed by atoms with Gasteiger partial charge in [-0.1, -0.05) is 47.0 Å². The molecular formula is C43H57BrN8O8. The molecule has 2 aromatic carbocycles. The minimum Gasteiger partial charge on any atom is -0.372 e. The van der Waals surface area contributed by atoms with Crippen LogP contribution in [0.3, 0.4) is 0 Å². The molecule has 6 atom stereocenters. The number of primary amides is 1. The summed E-state index contributed by atoms with van der Waals surface area (Å²) in [5.41, 5.74) is 15.0. The van der Waals surface area contributed by atoms with Gasteiger partial charge >= 0.3 is 5.69 Å². The number of nitrogens with two attached hydrogens (primary N) is 2. The monoisotopic (exact) mass is 892 g/mol. The molecule has 3 fully saturated rings. The van der Waals surface area contributed by atoms with E-state index in [0.29, 0.717) is 50.8 Å². The number of nitrogens with zero attached hydrogens (tertiary/aromatic N) is 4. The second kappa shape index (κ2) is 20.1. The Balaban J connectivity index is 0.958. The molecule has 0 spiro atoms. The lowest BCUT2D eigenvalue weighted by atomic mass is 10.0. The number of fused-ring (bicyclic) bond motifs is 2. The maximum atomic E-state index is 13.8. The number of halogens is 1. The van der Waals surface area contributed by atoms with Crippen molar-refractivity contribution >= 4 is 62.4 Å². The number of amides is 6. The van der Waals surface area contributed by atoms with Gasteiger partial charge in [-0.3, -0.25) is 43.2 Å². The minimum atomic E-state index is -0.971. The molecule has 4 heterocycles. The highest BCUT2D eigenvalue weighted by Gasteiger charge is 2.44. The number of benzene rings is 2. The first-order chi connectivity index (χ1) is 28.7. The molecule has 1 unspecified atom stereocenters. The van der Waals surface area contributed by atoms with Crippen LogP contribution in [-0.4, -0.2) is 97.7 Å². The lowest BCUT2D eigenvalue weighted by Gasteiger charge is -2.38. The molecule has 3 aliphatic rings. The number of carbonyl (C=O) groups excluding carboxylic acids is 6. The molecule has 6 N–H and O–H groups in total. The first kappa shape index (κ1) is 44.7. The molecule has 6 amide bonds. The molecule has 6 rings (SSSR count). The van der Waals surface area contributed by atoms with E-state index < -0.39 is 42.1 Å².